The van der Waals surface area contributed by atoms with Crippen molar-refractivity contribution in [3.63, 3.8) is 0 Å². The van der Waals surface area contributed by atoms with Gasteiger partial charge in [-0.3, -0.25) is 4.90 Å². The summed E-state index contributed by atoms with van der Waals surface area (Å²) >= 11 is 0. The Kier molecular flexibility index (Phi) is 5.88. The zero-order valence-electron chi connectivity index (χ0n) is 13.9. The molecular weight excluding hydrogens is 246 g/mol. The molecule has 2 rings (SSSR count). The van der Waals surface area contributed by atoms with Crippen LogP contribution >= 0.6 is 0 Å². The van der Waals surface area contributed by atoms with E-state index in [4.69, 9.17) is 5.73 Å². The lowest BCUT2D eigenvalue weighted by Gasteiger charge is -2.51. The minimum Gasteiger partial charge on any atom is -0.329 e. The zero-order chi connectivity index (χ0) is 14.6. The number of nitrogens with two attached hydrogens (primary N) is 1. The average molecular weight is 281 g/mol. The summed E-state index contributed by atoms with van der Waals surface area (Å²) in [5.74, 6) is 1.69. The molecule has 0 spiro atoms. The molecule has 2 N–H and O–H groups in total. The summed E-state index contributed by atoms with van der Waals surface area (Å²) < 4.78 is 0. The van der Waals surface area contributed by atoms with Crippen LogP contribution in [0, 0.1) is 11.8 Å². The van der Waals surface area contributed by atoms with E-state index in [-0.39, 0.29) is 0 Å². The summed E-state index contributed by atoms with van der Waals surface area (Å²) in [6.07, 6.45) is 6.79. The predicted molar refractivity (Wildman–Crippen MR) is 86.9 cm³/mol. The molecule has 0 aromatic carbocycles. The molecule has 1 heterocycles. The molecule has 1 saturated heterocycles. The molecule has 20 heavy (non-hydrogen) atoms. The second kappa shape index (κ2) is 7.24. The quantitative estimate of drug-likeness (QED) is 0.840. The van der Waals surface area contributed by atoms with Gasteiger partial charge < -0.3 is 10.6 Å². The van der Waals surface area contributed by atoms with Gasteiger partial charge in [0.05, 0.1) is 0 Å². The van der Waals surface area contributed by atoms with Gasteiger partial charge in [-0.05, 0) is 24.7 Å². The van der Waals surface area contributed by atoms with E-state index >= 15 is 0 Å². The Morgan fingerprint density at radius 1 is 1.20 bits per heavy atom. The van der Waals surface area contributed by atoms with Crippen molar-refractivity contribution in [1.82, 2.24) is 9.80 Å². The van der Waals surface area contributed by atoms with E-state index in [9.17, 15) is 0 Å². The van der Waals surface area contributed by atoms with E-state index in [1.165, 1.54) is 64.8 Å². The summed E-state index contributed by atoms with van der Waals surface area (Å²) in [5.41, 5.74) is 6.57. The number of hydrogen-bond acceptors (Lipinski definition) is 3. The molecule has 2 fully saturated rings. The van der Waals surface area contributed by atoms with Gasteiger partial charge >= 0.3 is 0 Å². The maximum absolute atomic E-state index is 6.25. The van der Waals surface area contributed by atoms with Crippen molar-refractivity contribution in [3.05, 3.63) is 0 Å². The largest absolute Gasteiger partial charge is 0.329 e. The van der Waals surface area contributed by atoms with Crippen molar-refractivity contribution in [2.24, 2.45) is 17.6 Å². The Balaban J connectivity index is 1.92. The fourth-order valence-electron chi connectivity index (χ4n) is 4.33. The number of piperazine rings is 1. The van der Waals surface area contributed by atoms with Crippen LogP contribution < -0.4 is 5.73 Å². The van der Waals surface area contributed by atoms with Crippen LogP contribution in [0.1, 0.15) is 52.9 Å². The van der Waals surface area contributed by atoms with Gasteiger partial charge in [0.25, 0.3) is 0 Å². The molecule has 0 radical (unpaired) electrons. The molecule has 1 aliphatic carbocycles. The lowest BCUT2D eigenvalue weighted by molar-refractivity contribution is -0.00374. The molecule has 0 aromatic heterocycles. The van der Waals surface area contributed by atoms with E-state index in [1.54, 1.807) is 0 Å². The first-order valence-corrected chi connectivity index (χ1v) is 8.77. The molecule has 3 nitrogen and oxygen atoms in total. The van der Waals surface area contributed by atoms with Crippen LogP contribution in [0.4, 0.5) is 0 Å². The highest BCUT2D eigenvalue weighted by Crippen LogP contribution is 2.38. The van der Waals surface area contributed by atoms with Gasteiger partial charge in [-0.1, -0.05) is 40.0 Å². The van der Waals surface area contributed by atoms with E-state index in [1.807, 2.05) is 0 Å². The maximum atomic E-state index is 6.25. The van der Waals surface area contributed by atoms with Crippen LogP contribution in [-0.4, -0.2) is 54.6 Å². The Morgan fingerprint density at radius 3 is 2.45 bits per heavy atom. The highest BCUT2D eigenvalue weighted by Gasteiger charge is 2.40. The van der Waals surface area contributed by atoms with E-state index in [2.05, 4.69) is 30.6 Å². The van der Waals surface area contributed by atoms with Crippen molar-refractivity contribution in [2.75, 3.05) is 39.3 Å². The maximum Gasteiger partial charge on any atom is 0.0335 e. The van der Waals surface area contributed by atoms with Gasteiger partial charge in [-0.25, -0.2) is 0 Å². The van der Waals surface area contributed by atoms with E-state index in [0.717, 1.165) is 18.4 Å². The van der Waals surface area contributed by atoms with Gasteiger partial charge in [-0.15, -0.1) is 0 Å². The van der Waals surface area contributed by atoms with Crippen LogP contribution in [0.5, 0.6) is 0 Å². The second-order valence-corrected chi connectivity index (χ2v) is 7.48. The summed E-state index contributed by atoms with van der Waals surface area (Å²) in [5, 5.41) is 0. The Hall–Kier alpha value is -0.120. The predicted octanol–water partition coefficient (Wildman–Crippen LogP) is 2.56. The van der Waals surface area contributed by atoms with Gasteiger partial charge in [0, 0.05) is 44.8 Å². The standard InChI is InChI=1S/C17H35N3/c1-4-16-6-5-7-17(12-16,14-18)20-10-8-19(9-11-20)13-15(2)3/h15-16H,4-14,18H2,1-3H3. The van der Waals surface area contributed by atoms with Crippen LogP contribution in [0.25, 0.3) is 0 Å². The van der Waals surface area contributed by atoms with Gasteiger partial charge in [0.1, 0.15) is 0 Å². The first-order valence-electron chi connectivity index (χ1n) is 8.77. The van der Waals surface area contributed by atoms with Gasteiger partial charge in [0.15, 0.2) is 0 Å². The lowest BCUT2D eigenvalue weighted by atomic mass is 9.73. The molecule has 0 aromatic rings. The molecule has 0 bridgehead atoms. The Labute approximate surface area is 125 Å². The molecule has 2 aliphatic rings. The van der Waals surface area contributed by atoms with E-state index < -0.39 is 0 Å². The smallest absolute Gasteiger partial charge is 0.0335 e. The molecule has 1 saturated carbocycles. The second-order valence-electron chi connectivity index (χ2n) is 7.48. The van der Waals surface area contributed by atoms with E-state index in [0.29, 0.717) is 5.54 Å². The normalized spacial score (nSPS) is 33.8. The summed E-state index contributed by atoms with van der Waals surface area (Å²) in [4.78, 5) is 5.37. The molecular formula is C17H35N3. The molecule has 1 aliphatic heterocycles. The van der Waals surface area contributed by atoms with Crippen molar-refractivity contribution in [1.29, 1.82) is 0 Å². The first-order chi connectivity index (χ1) is 9.59. The highest BCUT2D eigenvalue weighted by molar-refractivity contribution is 4.98. The number of nitrogens with zero attached hydrogens (tertiary/aromatic N) is 2. The topological polar surface area (TPSA) is 32.5 Å². The average Bonchev–Trinajstić information content (AvgIpc) is 2.47. The third-order valence-corrected chi connectivity index (χ3v) is 5.55. The van der Waals surface area contributed by atoms with Gasteiger partial charge in [0.2, 0.25) is 0 Å². The SMILES string of the molecule is CCC1CCCC(CN)(N2CCN(CC(C)C)CC2)C1. The molecule has 2 unspecified atom stereocenters. The van der Waals surface area contributed by atoms with Crippen molar-refractivity contribution in [2.45, 2.75) is 58.4 Å². The molecule has 3 heteroatoms. The monoisotopic (exact) mass is 281 g/mol. The first kappa shape index (κ1) is 16.3. The van der Waals surface area contributed by atoms with Crippen LogP contribution in [-0.2, 0) is 0 Å². The molecule has 2 atom stereocenters. The fraction of sp³-hybridized carbons (Fsp3) is 1.00. The van der Waals surface area contributed by atoms with Gasteiger partial charge in [-0.2, -0.15) is 0 Å². The van der Waals surface area contributed by atoms with Crippen molar-refractivity contribution < 1.29 is 0 Å². The summed E-state index contributed by atoms with van der Waals surface area (Å²) in [6.45, 7) is 14.0. The Bertz CT molecular complexity index is 284. The fourth-order valence-corrected chi connectivity index (χ4v) is 4.33. The molecule has 118 valence electrons. The van der Waals surface area contributed by atoms with Crippen LogP contribution in [0.2, 0.25) is 0 Å². The van der Waals surface area contributed by atoms with Crippen molar-refractivity contribution >= 4 is 0 Å². The van der Waals surface area contributed by atoms with Crippen LogP contribution in [0.3, 0.4) is 0 Å². The highest BCUT2D eigenvalue weighted by atomic mass is 15.3. The lowest BCUT2D eigenvalue weighted by Crippen LogP contribution is -2.61. The number of hydrogen-bond donors (Lipinski definition) is 1. The summed E-state index contributed by atoms with van der Waals surface area (Å²) in [6, 6.07) is 0. The minimum atomic E-state index is 0.322. The van der Waals surface area contributed by atoms with Crippen molar-refractivity contribution in [3.8, 4) is 0 Å². The van der Waals surface area contributed by atoms with Crippen LogP contribution in [0.15, 0.2) is 0 Å². The Morgan fingerprint density at radius 2 is 1.90 bits per heavy atom. The summed E-state index contributed by atoms with van der Waals surface area (Å²) in [7, 11) is 0. The molecule has 0 amide bonds. The third-order valence-electron chi connectivity index (χ3n) is 5.55. The number of rotatable bonds is 5. The third kappa shape index (κ3) is 3.75. The minimum absolute atomic E-state index is 0.322. The zero-order valence-corrected chi connectivity index (χ0v) is 13.9.